The van der Waals surface area contributed by atoms with Crippen LogP contribution in [-0.4, -0.2) is 22.0 Å². The smallest absolute Gasteiger partial charge is 0.140 e. The van der Waals surface area contributed by atoms with Gasteiger partial charge in [-0.2, -0.15) is 0 Å². The fraction of sp³-hybridized carbons (Fsp3) is 0.0588. The van der Waals surface area contributed by atoms with Gasteiger partial charge in [-0.25, -0.2) is 4.98 Å². The predicted octanol–water partition coefficient (Wildman–Crippen LogP) is 3.82. The number of fused-ring (bicyclic) bond motifs is 2. The number of hydrogen-bond acceptors (Lipinski definition) is 3. The maximum absolute atomic E-state index is 4.53. The van der Waals surface area contributed by atoms with Crippen LogP contribution in [0.1, 0.15) is 0 Å². The standard InChI is InChI=1S/C17H14N4/c1-18-16-8-14(13-6-7-20-17(13)21-16)15-10-19-9-11-4-2-3-5-12(11)15/h2-10H,1H3,(H2,18,20,21). The monoisotopic (exact) mass is 274 g/mol. The zero-order valence-corrected chi connectivity index (χ0v) is 11.6. The lowest BCUT2D eigenvalue weighted by Crippen LogP contribution is -1.94. The van der Waals surface area contributed by atoms with Gasteiger partial charge in [0.05, 0.1) is 0 Å². The minimum Gasteiger partial charge on any atom is -0.373 e. The van der Waals surface area contributed by atoms with E-state index < -0.39 is 0 Å². The Bertz CT molecular complexity index is 934. The van der Waals surface area contributed by atoms with Crippen LogP contribution in [0.4, 0.5) is 5.82 Å². The van der Waals surface area contributed by atoms with Gasteiger partial charge < -0.3 is 10.3 Å². The number of nitrogens with one attached hydrogen (secondary N) is 2. The van der Waals surface area contributed by atoms with Gasteiger partial charge in [0.2, 0.25) is 0 Å². The van der Waals surface area contributed by atoms with E-state index in [4.69, 9.17) is 0 Å². The second-order valence-electron chi connectivity index (χ2n) is 4.95. The van der Waals surface area contributed by atoms with Gasteiger partial charge in [0, 0.05) is 42.0 Å². The third-order valence-corrected chi connectivity index (χ3v) is 3.74. The van der Waals surface area contributed by atoms with Crippen LogP contribution in [0, 0.1) is 0 Å². The van der Waals surface area contributed by atoms with E-state index in [2.05, 4.69) is 50.6 Å². The summed E-state index contributed by atoms with van der Waals surface area (Å²) in [7, 11) is 1.88. The number of hydrogen-bond donors (Lipinski definition) is 2. The van der Waals surface area contributed by atoms with Crippen molar-refractivity contribution in [2.75, 3.05) is 12.4 Å². The van der Waals surface area contributed by atoms with E-state index in [9.17, 15) is 0 Å². The summed E-state index contributed by atoms with van der Waals surface area (Å²) in [6.45, 7) is 0. The van der Waals surface area contributed by atoms with E-state index >= 15 is 0 Å². The molecule has 0 saturated heterocycles. The van der Waals surface area contributed by atoms with Gasteiger partial charge in [0.25, 0.3) is 0 Å². The molecule has 1 aromatic carbocycles. The number of aromatic amines is 1. The fourth-order valence-corrected chi connectivity index (χ4v) is 2.72. The second-order valence-corrected chi connectivity index (χ2v) is 4.95. The topological polar surface area (TPSA) is 53.6 Å². The molecule has 21 heavy (non-hydrogen) atoms. The van der Waals surface area contributed by atoms with Gasteiger partial charge in [-0.15, -0.1) is 0 Å². The Morgan fingerprint density at radius 1 is 1.00 bits per heavy atom. The van der Waals surface area contributed by atoms with Crippen LogP contribution in [0.5, 0.6) is 0 Å². The molecule has 4 rings (SSSR count). The minimum absolute atomic E-state index is 0.841. The first kappa shape index (κ1) is 11.9. The van der Waals surface area contributed by atoms with Crippen molar-refractivity contribution in [3.8, 4) is 11.1 Å². The van der Waals surface area contributed by atoms with Gasteiger partial charge in [-0.05, 0) is 23.1 Å². The van der Waals surface area contributed by atoms with E-state index in [-0.39, 0.29) is 0 Å². The van der Waals surface area contributed by atoms with Crippen molar-refractivity contribution < 1.29 is 0 Å². The maximum atomic E-state index is 4.53. The molecule has 0 aliphatic rings. The summed E-state index contributed by atoms with van der Waals surface area (Å²) >= 11 is 0. The quantitative estimate of drug-likeness (QED) is 0.584. The summed E-state index contributed by atoms with van der Waals surface area (Å²) in [5.74, 6) is 0.841. The molecule has 102 valence electrons. The number of benzene rings is 1. The highest BCUT2D eigenvalue weighted by atomic mass is 15.0. The Hall–Kier alpha value is -2.88. The zero-order chi connectivity index (χ0) is 14.2. The highest BCUT2D eigenvalue weighted by Crippen LogP contribution is 2.33. The Labute approximate surface area is 121 Å². The molecule has 0 atom stereocenters. The van der Waals surface area contributed by atoms with Crippen LogP contribution < -0.4 is 5.32 Å². The highest BCUT2D eigenvalue weighted by Gasteiger charge is 2.11. The Morgan fingerprint density at radius 2 is 1.90 bits per heavy atom. The van der Waals surface area contributed by atoms with E-state index in [1.54, 1.807) is 0 Å². The molecule has 0 radical (unpaired) electrons. The first-order valence-corrected chi connectivity index (χ1v) is 6.86. The molecule has 0 unspecified atom stereocenters. The predicted molar refractivity (Wildman–Crippen MR) is 86.4 cm³/mol. The minimum atomic E-state index is 0.841. The third-order valence-electron chi connectivity index (χ3n) is 3.74. The summed E-state index contributed by atoms with van der Waals surface area (Å²) < 4.78 is 0. The van der Waals surface area contributed by atoms with Crippen molar-refractivity contribution in [2.24, 2.45) is 0 Å². The van der Waals surface area contributed by atoms with Crippen molar-refractivity contribution in [3.63, 3.8) is 0 Å². The normalized spacial score (nSPS) is 11.1. The molecule has 0 aliphatic carbocycles. The van der Waals surface area contributed by atoms with Crippen molar-refractivity contribution in [1.82, 2.24) is 15.0 Å². The SMILES string of the molecule is CNc1cc(-c2cncc3ccccc23)c2cc[nH]c2n1. The summed E-state index contributed by atoms with van der Waals surface area (Å²) in [4.78, 5) is 12.1. The number of rotatable bonds is 2. The lowest BCUT2D eigenvalue weighted by molar-refractivity contribution is 1.29. The lowest BCUT2D eigenvalue weighted by Gasteiger charge is -2.09. The number of nitrogens with zero attached hydrogens (tertiary/aromatic N) is 2. The Kier molecular flexibility index (Phi) is 2.60. The van der Waals surface area contributed by atoms with Gasteiger partial charge in [0.15, 0.2) is 0 Å². The van der Waals surface area contributed by atoms with Gasteiger partial charge in [0.1, 0.15) is 11.5 Å². The number of aromatic nitrogens is 3. The van der Waals surface area contributed by atoms with Crippen molar-refractivity contribution in [1.29, 1.82) is 0 Å². The molecule has 4 heteroatoms. The average molecular weight is 274 g/mol. The Balaban J connectivity index is 2.11. The van der Waals surface area contributed by atoms with Crippen LogP contribution in [0.15, 0.2) is 55.0 Å². The van der Waals surface area contributed by atoms with Crippen LogP contribution in [0.25, 0.3) is 32.9 Å². The molecular formula is C17H14N4. The third kappa shape index (κ3) is 1.84. The van der Waals surface area contributed by atoms with Crippen LogP contribution >= 0.6 is 0 Å². The van der Waals surface area contributed by atoms with Gasteiger partial charge in [-0.3, -0.25) is 4.98 Å². The Morgan fingerprint density at radius 3 is 2.81 bits per heavy atom. The fourth-order valence-electron chi connectivity index (χ4n) is 2.72. The number of H-pyrrole nitrogens is 1. The largest absolute Gasteiger partial charge is 0.373 e. The molecule has 0 fully saturated rings. The van der Waals surface area contributed by atoms with Gasteiger partial charge >= 0.3 is 0 Å². The highest BCUT2D eigenvalue weighted by molar-refractivity contribution is 6.04. The van der Waals surface area contributed by atoms with E-state index in [0.717, 1.165) is 33.4 Å². The van der Waals surface area contributed by atoms with Crippen LogP contribution in [0.3, 0.4) is 0 Å². The zero-order valence-electron chi connectivity index (χ0n) is 11.6. The lowest BCUT2D eigenvalue weighted by atomic mass is 9.99. The molecule has 3 aromatic heterocycles. The molecule has 0 saturated carbocycles. The number of anilines is 1. The van der Waals surface area contributed by atoms with Crippen molar-refractivity contribution in [3.05, 3.63) is 55.0 Å². The maximum Gasteiger partial charge on any atom is 0.140 e. The second kappa shape index (κ2) is 4.59. The first-order chi connectivity index (χ1) is 10.4. The summed E-state index contributed by atoms with van der Waals surface area (Å²) in [5.41, 5.74) is 3.14. The van der Waals surface area contributed by atoms with Crippen LogP contribution in [-0.2, 0) is 0 Å². The van der Waals surface area contributed by atoms with E-state index in [1.165, 1.54) is 5.39 Å². The average Bonchev–Trinajstić information content (AvgIpc) is 3.02. The molecule has 2 N–H and O–H groups in total. The summed E-state index contributed by atoms with van der Waals surface area (Å²) in [6, 6.07) is 12.4. The van der Waals surface area contributed by atoms with E-state index in [0.29, 0.717) is 0 Å². The van der Waals surface area contributed by atoms with Crippen molar-refractivity contribution >= 4 is 27.6 Å². The molecule has 0 spiro atoms. The summed E-state index contributed by atoms with van der Waals surface area (Å²) in [5, 5.41) is 6.56. The molecule has 4 nitrogen and oxygen atoms in total. The van der Waals surface area contributed by atoms with E-state index in [1.807, 2.05) is 31.7 Å². The first-order valence-electron chi connectivity index (χ1n) is 6.86. The molecule has 4 aromatic rings. The molecule has 3 heterocycles. The molecule has 0 aliphatic heterocycles. The van der Waals surface area contributed by atoms with Crippen LogP contribution in [0.2, 0.25) is 0 Å². The molecule has 0 bridgehead atoms. The summed E-state index contributed by atoms with van der Waals surface area (Å²) in [6.07, 6.45) is 5.73. The number of pyridine rings is 2. The molecular weight excluding hydrogens is 260 g/mol. The van der Waals surface area contributed by atoms with Gasteiger partial charge in [-0.1, -0.05) is 24.3 Å². The molecule has 0 amide bonds. The van der Waals surface area contributed by atoms with Crippen molar-refractivity contribution in [2.45, 2.75) is 0 Å².